The van der Waals surface area contributed by atoms with Gasteiger partial charge in [-0.2, -0.15) is 0 Å². The van der Waals surface area contributed by atoms with Gasteiger partial charge in [-0.1, -0.05) is 6.07 Å². The maximum atomic E-state index is 13.2. The highest BCUT2D eigenvalue weighted by Crippen LogP contribution is 2.12. The van der Waals surface area contributed by atoms with Crippen LogP contribution in [-0.2, 0) is 11.2 Å². The molecule has 0 aliphatic rings. The van der Waals surface area contributed by atoms with Crippen molar-refractivity contribution < 1.29 is 13.6 Å². The Labute approximate surface area is 99.0 Å². The monoisotopic (exact) mass is 242 g/mol. The van der Waals surface area contributed by atoms with Crippen molar-refractivity contribution in [3.8, 4) is 0 Å². The molecular formula is C12H16F2N2O. The number of nitrogens with two attached hydrogens (primary N) is 1. The Morgan fingerprint density at radius 2 is 1.88 bits per heavy atom. The van der Waals surface area contributed by atoms with Crippen molar-refractivity contribution in [2.24, 2.45) is 5.73 Å². The molecule has 1 aromatic carbocycles. The number of carbonyl (C=O) groups is 1. The molecule has 3 nitrogen and oxygen atoms in total. The Morgan fingerprint density at radius 1 is 1.35 bits per heavy atom. The summed E-state index contributed by atoms with van der Waals surface area (Å²) < 4.78 is 26.5. The van der Waals surface area contributed by atoms with Gasteiger partial charge in [0.15, 0.2) is 0 Å². The molecule has 0 unspecified atom stereocenters. The van der Waals surface area contributed by atoms with Gasteiger partial charge < -0.3 is 11.1 Å². The molecule has 0 saturated heterocycles. The predicted molar refractivity (Wildman–Crippen MR) is 61.3 cm³/mol. The first kappa shape index (κ1) is 13.6. The maximum Gasteiger partial charge on any atom is 0.224 e. The number of carbonyl (C=O) groups excluding carboxylic acids is 1. The van der Waals surface area contributed by atoms with Gasteiger partial charge in [0.05, 0.1) is 6.42 Å². The number of halogens is 2. The lowest BCUT2D eigenvalue weighted by molar-refractivity contribution is -0.120. The fourth-order valence-corrected chi connectivity index (χ4v) is 1.25. The van der Waals surface area contributed by atoms with Crippen LogP contribution in [0.5, 0.6) is 0 Å². The zero-order chi connectivity index (χ0) is 13.1. The number of benzene rings is 1. The van der Waals surface area contributed by atoms with E-state index in [1.807, 2.05) is 0 Å². The van der Waals surface area contributed by atoms with Gasteiger partial charge in [-0.25, -0.2) is 8.78 Å². The van der Waals surface area contributed by atoms with Crippen LogP contribution in [0.2, 0.25) is 0 Å². The second kappa shape index (κ2) is 5.23. The highest BCUT2D eigenvalue weighted by molar-refractivity contribution is 5.78. The summed E-state index contributed by atoms with van der Waals surface area (Å²) in [7, 11) is 0. The molecule has 0 aliphatic heterocycles. The van der Waals surface area contributed by atoms with E-state index in [4.69, 9.17) is 5.73 Å². The van der Waals surface area contributed by atoms with E-state index in [0.717, 1.165) is 12.1 Å². The van der Waals surface area contributed by atoms with Crippen molar-refractivity contribution in [1.29, 1.82) is 0 Å². The molecule has 0 aromatic heterocycles. The number of hydrogen-bond donors (Lipinski definition) is 2. The van der Waals surface area contributed by atoms with E-state index in [-0.39, 0.29) is 18.5 Å². The van der Waals surface area contributed by atoms with E-state index >= 15 is 0 Å². The molecule has 0 fully saturated rings. The van der Waals surface area contributed by atoms with Crippen LogP contribution >= 0.6 is 0 Å². The molecule has 0 spiro atoms. The van der Waals surface area contributed by atoms with Gasteiger partial charge in [-0.15, -0.1) is 0 Å². The molecule has 5 heteroatoms. The van der Waals surface area contributed by atoms with Crippen molar-refractivity contribution in [1.82, 2.24) is 5.32 Å². The first-order valence-electron chi connectivity index (χ1n) is 5.28. The van der Waals surface area contributed by atoms with Crippen LogP contribution in [0, 0.1) is 11.6 Å². The maximum absolute atomic E-state index is 13.2. The van der Waals surface area contributed by atoms with E-state index in [9.17, 15) is 13.6 Å². The van der Waals surface area contributed by atoms with E-state index in [1.54, 1.807) is 13.8 Å². The molecule has 3 N–H and O–H groups in total. The summed E-state index contributed by atoms with van der Waals surface area (Å²) in [5, 5.41) is 2.53. The van der Waals surface area contributed by atoms with Crippen molar-refractivity contribution in [3.05, 3.63) is 35.4 Å². The van der Waals surface area contributed by atoms with Crippen LogP contribution < -0.4 is 11.1 Å². The molecule has 1 rings (SSSR count). The molecule has 1 aromatic rings. The van der Waals surface area contributed by atoms with Gasteiger partial charge in [-0.05, 0) is 26.0 Å². The fraction of sp³-hybridized carbons (Fsp3) is 0.417. The zero-order valence-electron chi connectivity index (χ0n) is 9.89. The Hall–Kier alpha value is -1.49. The second-order valence-corrected chi connectivity index (χ2v) is 4.64. The Morgan fingerprint density at radius 3 is 2.35 bits per heavy atom. The second-order valence-electron chi connectivity index (χ2n) is 4.64. The van der Waals surface area contributed by atoms with Crippen molar-refractivity contribution >= 4 is 5.91 Å². The SMILES string of the molecule is CC(C)(N)CNC(=O)Cc1c(F)cccc1F. The first-order chi connectivity index (χ1) is 7.79. The third-order valence-electron chi connectivity index (χ3n) is 2.14. The van der Waals surface area contributed by atoms with Crippen molar-refractivity contribution in [2.75, 3.05) is 6.54 Å². The highest BCUT2D eigenvalue weighted by Gasteiger charge is 2.15. The Balaban J connectivity index is 2.63. The fourth-order valence-electron chi connectivity index (χ4n) is 1.25. The third kappa shape index (κ3) is 4.48. The summed E-state index contributed by atoms with van der Waals surface area (Å²) in [6.45, 7) is 3.75. The Bertz CT molecular complexity index is 393. The van der Waals surface area contributed by atoms with Crippen LogP contribution in [0.4, 0.5) is 8.78 Å². The molecule has 94 valence electrons. The molecule has 0 saturated carbocycles. The predicted octanol–water partition coefficient (Wildman–Crippen LogP) is 1.36. The summed E-state index contributed by atoms with van der Waals surface area (Å²) in [5.41, 5.74) is 4.90. The number of hydrogen-bond acceptors (Lipinski definition) is 2. The standard InChI is InChI=1S/C12H16F2N2O/c1-12(2,15)7-16-11(17)6-8-9(13)4-3-5-10(8)14/h3-5H,6-7,15H2,1-2H3,(H,16,17). The molecule has 1 amide bonds. The van der Waals surface area contributed by atoms with Crippen molar-refractivity contribution in [3.63, 3.8) is 0 Å². The van der Waals surface area contributed by atoms with E-state index in [0.29, 0.717) is 0 Å². The van der Waals surface area contributed by atoms with Crippen LogP contribution in [0.3, 0.4) is 0 Å². The molecule has 0 radical (unpaired) electrons. The van der Waals surface area contributed by atoms with Crippen LogP contribution in [0.25, 0.3) is 0 Å². The normalized spacial score (nSPS) is 11.4. The van der Waals surface area contributed by atoms with Gasteiger partial charge in [0.1, 0.15) is 11.6 Å². The molecular weight excluding hydrogens is 226 g/mol. The summed E-state index contributed by atoms with van der Waals surface area (Å²) >= 11 is 0. The average Bonchev–Trinajstić information content (AvgIpc) is 2.20. The molecule has 0 aliphatic carbocycles. The summed E-state index contributed by atoms with van der Waals surface area (Å²) in [5.74, 6) is -1.88. The Kier molecular flexibility index (Phi) is 4.17. The minimum absolute atomic E-state index is 0.222. The minimum Gasteiger partial charge on any atom is -0.354 e. The van der Waals surface area contributed by atoms with Crippen LogP contribution in [0.15, 0.2) is 18.2 Å². The highest BCUT2D eigenvalue weighted by atomic mass is 19.1. The van der Waals surface area contributed by atoms with Crippen LogP contribution in [-0.4, -0.2) is 18.0 Å². The minimum atomic E-state index is -0.716. The number of rotatable bonds is 4. The lowest BCUT2D eigenvalue weighted by Crippen LogP contribution is -2.45. The quantitative estimate of drug-likeness (QED) is 0.837. The molecule has 0 bridgehead atoms. The van der Waals surface area contributed by atoms with Crippen molar-refractivity contribution in [2.45, 2.75) is 25.8 Å². The van der Waals surface area contributed by atoms with E-state index < -0.39 is 23.1 Å². The summed E-state index contributed by atoms with van der Waals surface area (Å²) in [6.07, 6.45) is -0.325. The lowest BCUT2D eigenvalue weighted by Gasteiger charge is -2.18. The van der Waals surface area contributed by atoms with Gasteiger partial charge in [0.2, 0.25) is 5.91 Å². The van der Waals surface area contributed by atoms with Gasteiger partial charge in [0.25, 0.3) is 0 Å². The lowest BCUT2D eigenvalue weighted by atomic mass is 10.1. The van der Waals surface area contributed by atoms with E-state index in [1.165, 1.54) is 6.07 Å². The third-order valence-corrected chi connectivity index (χ3v) is 2.14. The molecule has 17 heavy (non-hydrogen) atoms. The van der Waals surface area contributed by atoms with Gasteiger partial charge in [0, 0.05) is 17.6 Å². The smallest absolute Gasteiger partial charge is 0.224 e. The number of amides is 1. The molecule has 0 heterocycles. The average molecular weight is 242 g/mol. The first-order valence-corrected chi connectivity index (χ1v) is 5.28. The summed E-state index contributed by atoms with van der Waals surface area (Å²) in [4.78, 5) is 11.5. The number of nitrogens with one attached hydrogen (secondary N) is 1. The van der Waals surface area contributed by atoms with Gasteiger partial charge >= 0.3 is 0 Å². The van der Waals surface area contributed by atoms with E-state index in [2.05, 4.69) is 5.32 Å². The van der Waals surface area contributed by atoms with Gasteiger partial charge in [-0.3, -0.25) is 4.79 Å². The summed E-state index contributed by atoms with van der Waals surface area (Å²) in [6, 6.07) is 3.51. The topological polar surface area (TPSA) is 55.1 Å². The molecule has 0 atom stereocenters. The van der Waals surface area contributed by atoms with Crippen LogP contribution in [0.1, 0.15) is 19.4 Å². The largest absolute Gasteiger partial charge is 0.354 e. The zero-order valence-corrected chi connectivity index (χ0v) is 9.89.